The van der Waals surface area contributed by atoms with Gasteiger partial charge in [0.25, 0.3) is 7.82 Å². The van der Waals surface area contributed by atoms with Gasteiger partial charge in [0.15, 0.2) is 6.23 Å². The average Bonchev–Trinajstić information content (AvgIpc) is 2.83. The Morgan fingerprint density at radius 3 is 2.90 bits per heavy atom. The molecular formula is C9H12N4O6P-. The van der Waals surface area contributed by atoms with E-state index in [1.54, 1.807) is 0 Å². The first-order valence-corrected chi connectivity index (χ1v) is 7.21. The number of nitrogen functional groups attached to an aromatic ring is 1. The summed E-state index contributed by atoms with van der Waals surface area (Å²) in [6, 6.07) is 1.44. The van der Waals surface area contributed by atoms with E-state index < -0.39 is 39.0 Å². The van der Waals surface area contributed by atoms with E-state index >= 15 is 0 Å². The van der Waals surface area contributed by atoms with Crippen molar-refractivity contribution in [1.82, 2.24) is 9.55 Å². The monoisotopic (exact) mass is 303 g/mol. The summed E-state index contributed by atoms with van der Waals surface area (Å²) in [5, 5.41) is 17.0. The largest absolute Gasteiger partial charge is 0.756 e. The lowest BCUT2D eigenvalue weighted by molar-refractivity contribution is -0.222. The molecule has 1 aromatic heterocycles. The molecule has 110 valence electrons. The Hall–Kier alpha value is -1.29. The number of aliphatic hydroxyl groups is 1. The van der Waals surface area contributed by atoms with Crippen LogP contribution < -0.4 is 16.2 Å². The van der Waals surface area contributed by atoms with Crippen molar-refractivity contribution in [2.45, 2.75) is 24.5 Å². The molecule has 2 aliphatic heterocycles. The first-order chi connectivity index (χ1) is 9.41. The fraction of sp³-hybridized carbons (Fsp3) is 0.556. The summed E-state index contributed by atoms with van der Waals surface area (Å²) in [4.78, 5) is 15.1. The number of hydrogen-bond donors (Lipinski definition) is 3. The van der Waals surface area contributed by atoms with Crippen molar-refractivity contribution in [2.75, 3.05) is 12.3 Å². The quantitative estimate of drug-likeness (QED) is 0.534. The molecular weight excluding hydrogens is 291 g/mol. The van der Waals surface area contributed by atoms with Crippen molar-refractivity contribution in [1.29, 1.82) is 5.41 Å². The minimum Gasteiger partial charge on any atom is -0.756 e. The van der Waals surface area contributed by atoms with Crippen LogP contribution in [0.25, 0.3) is 0 Å². The lowest BCUT2D eigenvalue weighted by Crippen LogP contribution is -2.34. The summed E-state index contributed by atoms with van der Waals surface area (Å²) in [5.41, 5.74) is 5.23. The zero-order valence-electron chi connectivity index (χ0n) is 10.1. The molecule has 0 amide bonds. The molecule has 2 fully saturated rings. The highest BCUT2D eigenvalue weighted by Crippen LogP contribution is 2.55. The van der Waals surface area contributed by atoms with Gasteiger partial charge in [-0.15, -0.1) is 0 Å². The van der Waals surface area contributed by atoms with Gasteiger partial charge in [-0.2, -0.15) is 4.98 Å². The van der Waals surface area contributed by atoms with Crippen LogP contribution in [-0.4, -0.2) is 39.6 Å². The molecule has 0 aliphatic carbocycles. The molecule has 0 aromatic carbocycles. The average molecular weight is 303 g/mol. The van der Waals surface area contributed by atoms with Crippen molar-refractivity contribution >= 4 is 13.6 Å². The summed E-state index contributed by atoms with van der Waals surface area (Å²) >= 11 is 0. The van der Waals surface area contributed by atoms with Gasteiger partial charge >= 0.3 is 0 Å². The third-order valence-electron chi connectivity index (χ3n) is 3.13. The molecule has 0 spiro atoms. The lowest BCUT2D eigenvalue weighted by Gasteiger charge is -2.22. The smallest absolute Gasteiger partial charge is 0.268 e. The third kappa shape index (κ3) is 2.16. The fourth-order valence-corrected chi connectivity index (χ4v) is 3.42. The number of aromatic nitrogens is 2. The first kappa shape index (κ1) is 13.7. The van der Waals surface area contributed by atoms with E-state index in [1.807, 2.05) is 0 Å². The number of phosphoric ester groups is 1. The zero-order valence-corrected chi connectivity index (χ0v) is 11.0. The van der Waals surface area contributed by atoms with Gasteiger partial charge in [0, 0.05) is 6.20 Å². The SMILES string of the molecule is N=c1nc(N)ccn1[C@@H]1O[C@H](CO)[C@H]2OP(=O)([O-])O[C@H]21. The Kier molecular flexibility index (Phi) is 3.16. The van der Waals surface area contributed by atoms with Crippen molar-refractivity contribution in [3.8, 4) is 0 Å². The van der Waals surface area contributed by atoms with Gasteiger partial charge in [0.1, 0.15) is 24.1 Å². The highest BCUT2D eigenvalue weighted by molar-refractivity contribution is 7.46. The number of ether oxygens (including phenoxy) is 1. The molecule has 2 saturated heterocycles. The van der Waals surface area contributed by atoms with Crippen LogP contribution in [-0.2, 0) is 18.3 Å². The van der Waals surface area contributed by atoms with E-state index in [4.69, 9.17) is 24.9 Å². The van der Waals surface area contributed by atoms with Crippen molar-refractivity contribution in [2.24, 2.45) is 0 Å². The van der Waals surface area contributed by atoms with Crippen LogP contribution in [0, 0.1) is 5.41 Å². The molecule has 20 heavy (non-hydrogen) atoms. The summed E-state index contributed by atoms with van der Waals surface area (Å²) in [6.07, 6.45) is -2.29. The van der Waals surface area contributed by atoms with Gasteiger partial charge in [-0.3, -0.25) is 14.5 Å². The molecule has 5 atom stereocenters. The highest BCUT2D eigenvalue weighted by Gasteiger charge is 2.54. The van der Waals surface area contributed by atoms with Crippen molar-refractivity contribution in [3.63, 3.8) is 0 Å². The Morgan fingerprint density at radius 2 is 2.25 bits per heavy atom. The number of phosphoric acid groups is 1. The predicted octanol–water partition coefficient (Wildman–Crippen LogP) is -1.91. The maximum Gasteiger partial charge on any atom is 0.268 e. The van der Waals surface area contributed by atoms with E-state index in [9.17, 15) is 14.6 Å². The number of anilines is 1. The number of aliphatic hydroxyl groups excluding tert-OH is 1. The number of nitrogens with one attached hydrogen (secondary N) is 1. The molecule has 0 saturated carbocycles. The topological polar surface area (TPSA) is 156 Å². The summed E-state index contributed by atoms with van der Waals surface area (Å²) in [7, 11) is -4.41. The minimum absolute atomic E-state index is 0.151. The molecule has 3 rings (SSSR count). The van der Waals surface area contributed by atoms with Gasteiger partial charge in [-0.1, -0.05) is 0 Å². The lowest BCUT2D eigenvalue weighted by atomic mass is 10.1. The molecule has 0 bridgehead atoms. The van der Waals surface area contributed by atoms with E-state index in [0.717, 1.165) is 0 Å². The van der Waals surface area contributed by atoms with Crippen LogP contribution in [0.1, 0.15) is 6.23 Å². The number of nitrogens with two attached hydrogens (primary N) is 1. The maximum atomic E-state index is 11.4. The van der Waals surface area contributed by atoms with E-state index in [0.29, 0.717) is 0 Å². The molecule has 2 aliphatic rings. The van der Waals surface area contributed by atoms with E-state index in [-0.39, 0.29) is 11.4 Å². The normalized spacial score (nSPS) is 39.9. The number of nitrogens with zero attached hydrogens (tertiary/aromatic N) is 2. The molecule has 11 heteroatoms. The van der Waals surface area contributed by atoms with Crippen LogP contribution in [0.2, 0.25) is 0 Å². The molecule has 4 N–H and O–H groups in total. The Balaban J connectivity index is 1.98. The minimum atomic E-state index is -4.41. The molecule has 1 aromatic rings. The summed E-state index contributed by atoms with van der Waals surface area (Å²) < 4.78 is 27.7. The van der Waals surface area contributed by atoms with Gasteiger partial charge < -0.3 is 29.5 Å². The molecule has 0 radical (unpaired) electrons. The number of rotatable bonds is 2. The molecule has 3 heterocycles. The van der Waals surface area contributed by atoms with Gasteiger partial charge in [-0.05, 0) is 6.07 Å². The molecule has 1 unspecified atom stereocenters. The second-order valence-corrected chi connectivity index (χ2v) is 5.73. The number of hydrogen-bond acceptors (Lipinski definition) is 9. The Morgan fingerprint density at radius 1 is 1.55 bits per heavy atom. The van der Waals surface area contributed by atoms with Crippen molar-refractivity contribution in [3.05, 3.63) is 17.9 Å². The number of fused-ring (bicyclic) bond motifs is 1. The van der Waals surface area contributed by atoms with Crippen LogP contribution in [0.15, 0.2) is 12.3 Å². The maximum absolute atomic E-state index is 11.4. The highest BCUT2D eigenvalue weighted by atomic mass is 31.2. The van der Waals surface area contributed by atoms with Crippen LogP contribution >= 0.6 is 7.82 Å². The fourth-order valence-electron chi connectivity index (χ4n) is 2.29. The Bertz CT molecular complexity index is 635. The van der Waals surface area contributed by atoms with Gasteiger partial charge in [-0.25, -0.2) is 0 Å². The molecule has 10 nitrogen and oxygen atoms in total. The van der Waals surface area contributed by atoms with E-state index in [1.165, 1.54) is 16.8 Å². The van der Waals surface area contributed by atoms with Crippen LogP contribution in [0.5, 0.6) is 0 Å². The first-order valence-electron chi connectivity index (χ1n) is 5.75. The second-order valence-electron chi connectivity index (χ2n) is 4.42. The van der Waals surface area contributed by atoms with Gasteiger partial charge in [0.05, 0.1) is 6.61 Å². The second kappa shape index (κ2) is 4.62. The summed E-state index contributed by atoms with van der Waals surface area (Å²) in [5.74, 6) is 0.151. The van der Waals surface area contributed by atoms with Gasteiger partial charge in [0.2, 0.25) is 5.62 Å². The van der Waals surface area contributed by atoms with Crippen LogP contribution in [0.3, 0.4) is 0 Å². The standard InChI is InChI=1S/C9H13N4O6P/c10-5-1-2-13(9(11)12-5)8-7-6(4(3-14)17-8)18-20(15,16)19-7/h1-2,4,6-8,14H,3H2,(H,15,16)(H3,10,11,12)/p-1/t4-,6-,7-,8-/m1/s1. The third-order valence-corrected chi connectivity index (χ3v) is 4.13. The Labute approximate surface area is 112 Å². The van der Waals surface area contributed by atoms with E-state index in [2.05, 4.69) is 4.98 Å². The summed E-state index contributed by atoms with van der Waals surface area (Å²) in [6.45, 7) is -0.433. The predicted molar refractivity (Wildman–Crippen MR) is 60.8 cm³/mol. The zero-order chi connectivity index (χ0) is 14.5. The van der Waals surface area contributed by atoms with Crippen molar-refractivity contribution < 1.29 is 28.3 Å². The van der Waals surface area contributed by atoms with Crippen LogP contribution in [0.4, 0.5) is 5.82 Å².